The summed E-state index contributed by atoms with van der Waals surface area (Å²) in [5.41, 5.74) is 0.979. The van der Waals surface area contributed by atoms with E-state index >= 15 is 0 Å². The van der Waals surface area contributed by atoms with Gasteiger partial charge in [0.05, 0.1) is 5.60 Å². The summed E-state index contributed by atoms with van der Waals surface area (Å²) in [5, 5.41) is 15.6. The molecule has 1 unspecified atom stereocenters. The lowest BCUT2D eigenvalue weighted by atomic mass is 9.48. The fourth-order valence-electron chi connectivity index (χ4n) is 9.32. The van der Waals surface area contributed by atoms with Gasteiger partial charge in [-0.1, -0.05) is 25.6 Å². The van der Waals surface area contributed by atoms with Crippen molar-refractivity contribution in [1.29, 1.82) is 0 Å². The number of fused-ring (bicyclic) bond motifs is 5. The second-order valence-electron chi connectivity index (χ2n) is 12.2. The summed E-state index contributed by atoms with van der Waals surface area (Å²) in [6.45, 7) is 8.30. The highest BCUT2D eigenvalue weighted by Crippen LogP contribution is 2.65. The molecule has 0 saturated heterocycles. The van der Waals surface area contributed by atoms with E-state index < -0.39 is 0 Å². The lowest BCUT2D eigenvalue weighted by molar-refractivity contribution is -0.109. The molecule has 0 bridgehead atoms. The van der Waals surface area contributed by atoms with Crippen LogP contribution in [0.3, 0.4) is 0 Å². The maximum Gasteiger partial charge on any atom is 0.332 e. The third-order valence-electron chi connectivity index (χ3n) is 10.9. The molecule has 0 spiro atoms. The second-order valence-corrected chi connectivity index (χ2v) is 12.2. The zero-order valence-corrected chi connectivity index (χ0v) is 20.8. The molecule has 1 heterocycles. The first-order chi connectivity index (χ1) is 15.4. The van der Waals surface area contributed by atoms with E-state index in [0.29, 0.717) is 11.3 Å². The molecule has 0 radical (unpaired) electrons. The Hall–Kier alpha value is -1.34. The minimum absolute atomic E-state index is 0.363. The first kappa shape index (κ1) is 22.5. The van der Waals surface area contributed by atoms with E-state index in [1.807, 2.05) is 6.07 Å². The Morgan fingerprint density at radius 2 is 1.97 bits per heavy atom. The van der Waals surface area contributed by atoms with Gasteiger partial charge in [-0.2, -0.15) is 5.10 Å². The van der Waals surface area contributed by atoms with Crippen LogP contribution in [-0.2, 0) is 6.54 Å². The Morgan fingerprint density at radius 1 is 1.16 bits per heavy atom. The van der Waals surface area contributed by atoms with Crippen LogP contribution < -0.4 is 0 Å². The molecule has 9 atom stereocenters. The van der Waals surface area contributed by atoms with Crippen molar-refractivity contribution in [2.45, 2.75) is 97.1 Å². The molecule has 5 rings (SSSR count). The number of hydrogen-bond donors (Lipinski definition) is 1. The van der Waals surface area contributed by atoms with Crippen molar-refractivity contribution in [3.8, 4) is 6.07 Å². The van der Waals surface area contributed by atoms with Gasteiger partial charge in [0.1, 0.15) is 0 Å². The predicted molar refractivity (Wildman–Crippen MR) is 130 cm³/mol. The smallest absolute Gasteiger partial charge is 0.332 e. The molecule has 4 aliphatic carbocycles. The van der Waals surface area contributed by atoms with E-state index in [2.05, 4.69) is 47.7 Å². The highest BCUT2D eigenvalue weighted by Gasteiger charge is 2.58. The number of nitrogens with zero attached hydrogens (tertiary/aromatic N) is 3. The van der Waals surface area contributed by atoms with Crippen LogP contribution >= 0.6 is 0 Å². The van der Waals surface area contributed by atoms with Gasteiger partial charge < -0.3 is 5.11 Å². The molecule has 0 amide bonds. The summed E-state index contributed by atoms with van der Waals surface area (Å²) in [4.78, 5) is 3.98. The van der Waals surface area contributed by atoms with Crippen LogP contribution in [0, 0.1) is 52.9 Å². The van der Waals surface area contributed by atoms with Gasteiger partial charge in [-0.15, -0.1) is 0 Å². The summed E-state index contributed by atoms with van der Waals surface area (Å²) < 4.78 is 2.11. The van der Waals surface area contributed by atoms with Crippen LogP contribution in [0.2, 0.25) is 0 Å². The molecule has 4 heteroatoms. The quantitative estimate of drug-likeness (QED) is 0.604. The normalized spacial score (nSPS) is 44.0. The summed E-state index contributed by atoms with van der Waals surface area (Å²) >= 11 is 0. The predicted octanol–water partition coefficient (Wildman–Crippen LogP) is 6.24. The van der Waals surface area contributed by atoms with Crippen LogP contribution in [0.1, 0.15) is 90.7 Å². The molecule has 4 fully saturated rings. The standard InChI is InChI=1S/C28H44N3O/c1-5-28(32)14-11-22-20(16-28)6-7-24-23(22)10-13-27(3)25(8-9-26(24)27)19(2)18-31-15-12-21(30-31)17-29-4/h12,15,19-20,22-26,32H,5-11,13-14,16,18H2,1-4H3/q+1/t19?,20-,22+,23-,24-,25-,26+,27-,28-/m1/s1. The topological polar surface area (TPSA) is 42.4 Å². The fourth-order valence-corrected chi connectivity index (χ4v) is 9.32. The van der Waals surface area contributed by atoms with Crippen LogP contribution in [-0.4, -0.2) is 27.5 Å². The van der Waals surface area contributed by atoms with Crippen LogP contribution in [0.4, 0.5) is 0 Å². The van der Waals surface area contributed by atoms with Crippen molar-refractivity contribution < 1.29 is 5.11 Å². The Bertz CT molecular complexity index is 883. The molecule has 176 valence electrons. The maximum atomic E-state index is 10.9. The second kappa shape index (κ2) is 8.46. The van der Waals surface area contributed by atoms with E-state index in [9.17, 15) is 5.11 Å². The van der Waals surface area contributed by atoms with Gasteiger partial charge in [0.25, 0.3) is 7.05 Å². The Labute approximate surface area is 195 Å². The summed E-state index contributed by atoms with van der Waals surface area (Å²) in [6.07, 6.45) is 14.9. The van der Waals surface area contributed by atoms with Crippen LogP contribution in [0.5, 0.6) is 0 Å². The van der Waals surface area contributed by atoms with Crippen molar-refractivity contribution in [1.82, 2.24) is 9.78 Å². The third-order valence-corrected chi connectivity index (χ3v) is 10.9. The van der Waals surface area contributed by atoms with Crippen molar-refractivity contribution in [3.63, 3.8) is 0 Å². The van der Waals surface area contributed by atoms with Crippen molar-refractivity contribution in [3.05, 3.63) is 22.8 Å². The Kier molecular flexibility index (Phi) is 5.94. The summed E-state index contributed by atoms with van der Waals surface area (Å²) in [6, 6.07) is 4.98. The molecule has 0 aliphatic heterocycles. The first-order valence-corrected chi connectivity index (χ1v) is 13.5. The van der Waals surface area contributed by atoms with Crippen molar-refractivity contribution >= 4 is 0 Å². The largest absolute Gasteiger partial charge is 0.390 e. The van der Waals surface area contributed by atoms with Gasteiger partial charge in [0, 0.05) is 12.7 Å². The zero-order valence-electron chi connectivity index (χ0n) is 20.8. The highest BCUT2D eigenvalue weighted by atomic mass is 16.3. The van der Waals surface area contributed by atoms with E-state index in [0.717, 1.165) is 67.0 Å². The first-order valence-electron chi connectivity index (χ1n) is 13.5. The maximum absolute atomic E-state index is 10.9. The minimum atomic E-state index is -0.363. The van der Waals surface area contributed by atoms with Crippen molar-refractivity contribution in [2.24, 2.45) is 46.8 Å². The van der Waals surface area contributed by atoms with Crippen molar-refractivity contribution in [2.75, 3.05) is 7.05 Å². The van der Waals surface area contributed by atoms with E-state index in [-0.39, 0.29) is 5.60 Å². The SMILES string of the molecule is CC[C@@]1(O)CC[C@H]2[C@H](CC[C@@H]3[C@@H]2CC[C@]2(C)[C@@H](C(C)Cn4ccc(C#[N+]C)n4)CC[C@@H]32)C1. The van der Waals surface area contributed by atoms with E-state index in [4.69, 9.17) is 0 Å². The number of aromatic nitrogens is 2. The monoisotopic (exact) mass is 438 g/mol. The molecule has 1 aromatic rings. The zero-order chi connectivity index (χ0) is 22.5. The van der Waals surface area contributed by atoms with Gasteiger partial charge in [-0.3, -0.25) is 4.68 Å². The fraction of sp³-hybridized carbons (Fsp3) is 0.857. The molecule has 0 aromatic carbocycles. The Morgan fingerprint density at radius 3 is 2.75 bits per heavy atom. The van der Waals surface area contributed by atoms with Crippen LogP contribution in [0.25, 0.3) is 4.85 Å². The molecule has 32 heavy (non-hydrogen) atoms. The number of aliphatic hydroxyl groups is 1. The van der Waals surface area contributed by atoms with Gasteiger partial charge in [-0.25, -0.2) is 0 Å². The van der Waals surface area contributed by atoms with E-state index in [1.54, 1.807) is 7.05 Å². The lowest BCUT2D eigenvalue weighted by Gasteiger charge is -2.57. The van der Waals surface area contributed by atoms with Gasteiger partial charge in [0.15, 0.2) is 0 Å². The number of hydrogen-bond acceptors (Lipinski definition) is 2. The van der Waals surface area contributed by atoms with Crippen LogP contribution in [0.15, 0.2) is 12.3 Å². The molecule has 1 N–H and O–H groups in total. The average molecular weight is 439 g/mol. The molecule has 4 saturated carbocycles. The van der Waals surface area contributed by atoms with Gasteiger partial charge in [-0.05, 0) is 117 Å². The molecule has 1 aromatic heterocycles. The molecular weight excluding hydrogens is 394 g/mol. The summed E-state index contributed by atoms with van der Waals surface area (Å²) in [7, 11) is 1.75. The Balaban J connectivity index is 1.28. The highest BCUT2D eigenvalue weighted by molar-refractivity contribution is 5.21. The molecule has 4 nitrogen and oxygen atoms in total. The minimum Gasteiger partial charge on any atom is -0.390 e. The number of rotatable bonds is 4. The average Bonchev–Trinajstić information content (AvgIpc) is 3.37. The van der Waals surface area contributed by atoms with Gasteiger partial charge in [0.2, 0.25) is 5.69 Å². The summed E-state index contributed by atoms with van der Waals surface area (Å²) in [5.74, 6) is 5.91. The molecular formula is C28H44N3O+. The lowest BCUT2D eigenvalue weighted by Crippen LogP contribution is -2.51. The van der Waals surface area contributed by atoms with E-state index in [1.165, 1.54) is 44.9 Å². The van der Waals surface area contributed by atoms with Gasteiger partial charge >= 0.3 is 6.07 Å². The molecule has 4 aliphatic rings. The third kappa shape index (κ3) is 3.73.